The molecular weight excluding hydrogens is 224 g/mol. The molecule has 1 aromatic rings. The Bertz CT molecular complexity index is 399. The standard InChI is InChI=1S/C15H22N2O/c1-11-3-5-13(6-4-11)9-17-15(18)14-7-12(2)8-16-10-14/h3-6,12,14,16H,7-10H2,1-2H3,(H,17,18). The molecule has 3 heteroatoms. The lowest BCUT2D eigenvalue weighted by molar-refractivity contribution is -0.126. The summed E-state index contributed by atoms with van der Waals surface area (Å²) in [5, 5.41) is 6.34. The van der Waals surface area contributed by atoms with Gasteiger partial charge in [-0.3, -0.25) is 4.79 Å². The summed E-state index contributed by atoms with van der Waals surface area (Å²) in [5.74, 6) is 0.891. The van der Waals surface area contributed by atoms with Crippen LogP contribution in [0.3, 0.4) is 0 Å². The van der Waals surface area contributed by atoms with Crippen molar-refractivity contribution in [3.63, 3.8) is 0 Å². The van der Waals surface area contributed by atoms with Gasteiger partial charge in [-0.15, -0.1) is 0 Å². The minimum absolute atomic E-state index is 0.124. The second kappa shape index (κ2) is 6.01. The van der Waals surface area contributed by atoms with Gasteiger partial charge >= 0.3 is 0 Å². The summed E-state index contributed by atoms with van der Waals surface area (Å²) in [6, 6.07) is 8.28. The zero-order chi connectivity index (χ0) is 13.0. The number of carbonyl (C=O) groups excluding carboxylic acids is 1. The van der Waals surface area contributed by atoms with E-state index >= 15 is 0 Å². The SMILES string of the molecule is Cc1ccc(CNC(=O)C2CNCC(C)C2)cc1. The number of amides is 1. The van der Waals surface area contributed by atoms with Crippen molar-refractivity contribution in [1.29, 1.82) is 0 Å². The Morgan fingerprint density at radius 3 is 2.72 bits per heavy atom. The zero-order valence-electron chi connectivity index (χ0n) is 11.2. The molecule has 0 aliphatic carbocycles. The van der Waals surface area contributed by atoms with Gasteiger partial charge in [0.15, 0.2) is 0 Å². The molecule has 2 atom stereocenters. The number of rotatable bonds is 3. The molecule has 0 bridgehead atoms. The van der Waals surface area contributed by atoms with E-state index in [1.807, 2.05) is 0 Å². The van der Waals surface area contributed by atoms with Crippen LogP contribution in [0.5, 0.6) is 0 Å². The first kappa shape index (κ1) is 13.1. The van der Waals surface area contributed by atoms with Crippen molar-refractivity contribution in [3.05, 3.63) is 35.4 Å². The quantitative estimate of drug-likeness (QED) is 0.854. The van der Waals surface area contributed by atoms with E-state index in [1.165, 1.54) is 5.56 Å². The van der Waals surface area contributed by atoms with Crippen LogP contribution in [-0.2, 0) is 11.3 Å². The molecule has 98 valence electrons. The van der Waals surface area contributed by atoms with E-state index in [0.717, 1.165) is 25.1 Å². The molecule has 0 saturated carbocycles. The van der Waals surface area contributed by atoms with E-state index in [9.17, 15) is 4.79 Å². The molecule has 1 aromatic carbocycles. The van der Waals surface area contributed by atoms with Crippen molar-refractivity contribution in [2.75, 3.05) is 13.1 Å². The fraction of sp³-hybridized carbons (Fsp3) is 0.533. The van der Waals surface area contributed by atoms with E-state index < -0.39 is 0 Å². The van der Waals surface area contributed by atoms with Crippen molar-refractivity contribution in [2.24, 2.45) is 11.8 Å². The van der Waals surface area contributed by atoms with Crippen molar-refractivity contribution >= 4 is 5.91 Å². The molecule has 1 aliphatic heterocycles. The lowest BCUT2D eigenvalue weighted by atomic mass is 9.91. The van der Waals surface area contributed by atoms with E-state index in [4.69, 9.17) is 0 Å². The normalized spacial score (nSPS) is 23.7. The molecule has 18 heavy (non-hydrogen) atoms. The lowest BCUT2D eigenvalue weighted by Gasteiger charge is -2.26. The van der Waals surface area contributed by atoms with Gasteiger partial charge < -0.3 is 10.6 Å². The fourth-order valence-corrected chi connectivity index (χ4v) is 2.40. The summed E-state index contributed by atoms with van der Waals surface area (Å²) in [6.07, 6.45) is 0.993. The second-order valence-electron chi connectivity index (χ2n) is 5.40. The second-order valence-corrected chi connectivity index (χ2v) is 5.40. The Morgan fingerprint density at radius 1 is 1.33 bits per heavy atom. The maximum atomic E-state index is 12.0. The highest BCUT2D eigenvalue weighted by Crippen LogP contribution is 2.15. The Balaban J connectivity index is 1.82. The van der Waals surface area contributed by atoms with Gasteiger partial charge in [-0.1, -0.05) is 36.8 Å². The van der Waals surface area contributed by atoms with Crippen LogP contribution >= 0.6 is 0 Å². The Morgan fingerprint density at radius 2 is 2.06 bits per heavy atom. The topological polar surface area (TPSA) is 41.1 Å². The summed E-state index contributed by atoms with van der Waals surface area (Å²) in [7, 11) is 0. The predicted molar refractivity (Wildman–Crippen MR) is 73.2 cm³/mol. The lowest BCUT2D eigenvalue weighted by Crippen LogP contribution is -2.43. The van der Waals surface area contributed by atoms with E-state index in [1.54, 1.807) is 0 Å². The summed E-state index contributed by atoms with van der Waals surface area (Å²) < 4.78 is 0. The molecule has 0 radical (unpaired) electrons. The first-order chi connectivity index (χ1) is 8.65. The molecule has 1 aliphatic rings. The first-order valence-electron chi connectivity index (χ1n) is 6.69. The molecule has 2 unspecified atom stereocenters. The average Bonchev–Trinajstić information content (AvgIpc) is 2.38. The van der Waals surface area contributed by atoms with Crippen LogP contribution in [0.2, 0.25) is 0 Å². The molecule has 1 saturated heterocycles. The smallest absolute Gasteiger partial charge is 0.224 e. The number of hydrogen-bond donors (Lipinski definition) is 2. The van der Waals surface area contributed by atoms with Gasteiger partial charge in [0.05, 0.1) is 5.92 Å². The van der Waals surface area contributed by atoms with Crippen molar-refractivity contribution < 1.29 is 4.79 Å². The minimum Gasteiger partial charge on any atom is -0.352 e. The van der Waals surface area contributed by atoms with Crippen molar-refractivity contribution in [2.45, 2.75) is 26.8 Å². The van der Waals surface area contributed by atoms with Crippen LogP contribution in [-0.4, -0.2) is 19.0 Å². The third kappa shape index (κ3) is 3.57. The molecule has 0 aromatic heterocycles. The number of benzene rings is 1. The van der Waals surface area contributed by atoms with Gasteiger partial charge in [-0.25, -0.2) is 0 Å². The summed E-state index contributed by atoms with van der Waals surface area (Å²) in [6.45, 7) is 6.72. The Labute approximate surface area is 109 Å². The van der Waals surface area contributed by atoms with Crippen LogP contribution in [0.15, 0.2) is 24.3 Å². The number of carbonyl (C=O) groups is 1. The van der Waals surface area contributed by atoms with Crippen molar-refractivity contribution in [3.8, 4) is 0 Å². The molecular formula is C15H22N2O. The van der Waals surface area contributed by atoms with Gasteiger partial charge in [-0.05, 0) is 31.4 Å². The summed E-state index contributed by atoms with van der Waals surface area (Å²) >= 11 is 0. The number of hydrogen-bond acceptors (Lipinski definition) is 2. The van der Waals surface area contributed by atoms with Crippen LogP contribution in [0.1, 0.15) is 24.5 Å². The van der Waals surface area contributed by atoms with Crippen LogP contribution in [0.25, 0.3) is 0 Å². The summed E-state index contributed by atoms with van der Waals surface area (Å²) in [4.78, 5) is 12.0. The van der Waals surface area contributed by atoms with Gasteiger partial charge in [0.2, 0.25) is 5.91 Å². The van der Waals surface area contributed by atoms with E-state index in [2.05, 4.69) is 48.7 Å². The monoisotopic (exact) mass is 246 g/mol. The summed E-state index contributed by atoms with van der Waals surface area (Å²) in [5.41, 5.74) is 2.40. The van der Waals surface area contributed by atoms with Gasteiger partial charge in [-0.2, -0.15) is 0 Å². The predicted octanol–water partition coefficient (Wildman–Crippen LogP) is 1.86. The molecule has 1 amide bonds. The Kier molecular flexibility index (Phi) is 4.37. The maximum Gasteiger partial charge on any atom is 0.224 e. The van der Waals surface area contributed by atoms with Crippen LogP contribution in [0, 0.1) is 18.8 Å². The van der Waals surface area contributed by atoms with Crippen LogP contribution in [0.4, 0.5) is 0 Å². The molecule has 2 N–H and O–H groups in total. The highest BCUT2D eigenvalue weighted by Gasteiger charge is 2.24. The number of nitrogens with one attached hydrogen (secondary N) is 2. The van der Waals surface area contributed by atoms with Gasteiger partial charge in [0.1, 0.15) is 0 Å². The van der Waals surface area contributed by atoms with Crippen LogP contribution < -0.4 is 10.6 Å². The van der Waals surface area contributed by atoms with Crippen molar-refractivity contribution in [1.82, 2.24) is 10.6 Å². The van der Waals surface area contributed by atoms with E-state index in [-0.39, 0.29) is 11.8 Å². The minimum atomic E-state index is 0.124. The maximum absolute atomic E-state index is 12.0. The molecule has 2 rings (SSSR count). The largest absolute Gasteiger partial charge is 0.352 e. The Hall–Kier alpha value is -1.35. The number of aryl methyl sites for hydroxylation is 1. The highest BCUT2D eigenvalue weighted by atomic mass is 16.1. The zero-order valence-corrected chi connectivity index (χ0v) is 11.2. The van der Waals surface area contributed by atoms with E-state index in [0.29, 0.717) is 12.5 Å². The van der Waals surface area contributed by atoms with Gasteiger partial charge in [0, 0.05) is 13.1 Å². The molecule has 3 nitrogen and oxygen atoms in total. The van der Waals surface area contributed by atoms with Gasteiger partial charge in [0.25, 0.3) is 0 Å². The first-order valence-corrected chi connectivity index (χ1v) is 6.69. The molecule has 1 heterocycles. The third-order valence-electron chi connectivity index (χ3n) is 3.53. The number of piperidine rings is 1. The molecule has 0 spiro atoms. The third-order valence-corrected chi connectivity index (χ3v) is 3.53. The average molecular weight is 246 g/mol. The highest BCUT2D eigenvalue weighted by molar-refractivity contribution is 5.79. The fourth-order valence-electron chi connectivity index (χ4n) is 2.40. The molecule has 1 fully saturated rings.